The number of hydrogen-bond acceptors (Lipinski definition) is 3. The summed E-state index contributed by atoms with van der Waals surface area (Å²) in [7, 11) is 0. The molecule has 1 fully saturated rings. The second kappa shape index (κ2) is 3.79. The van der Waals surface area contributed by atoms with Gasteiger partial charge in [-0.15, -0.1) is 0 Å². The molecule has 1 aromatic rings. The van der Waals surface area contributed by atoms with Crippen molar-refractivity contribution < 1.29 is 23.1 Å². The summed E-state index contributed by atoms with van der Waals surface area (Å²) in [5.41, 5.74) is 3.34. The van der Waals surface area contributed by atoms with Crippen LogP contribution in [-0.4, -0.2) is 22.8 Å². The van der Waals surface area contributed by atoms with Crippen molar-refractivity contribution in [1.29, 1.82) is 0 Å². The Hall–Kier alpha value is -1.92. The van der Waals surface area contributed by atoms with Crippen molar-refractivity contribution in [3.05, 3.63) is 23.8 Å². The second-order valence-corrected chi connectivity index (χ2v) is 4.32. The van der Waals surface area contributed by atoms with Gasteiger partial charge in [0.25, 0.3) is 0 Å². The number of nitrogen functional groups attached to an aromatic ring is 1. The quantitative estimate of drug-likeness (QED) is 0.730. The minimum Gasteiger partial charge on any atom is -0.478 e. The van der Waals surface area contributed by atoms with Gasteiger partial charge in [-0.2, -0.15) is 13.2 Å². The van der Waals surface area contributed by atoms with Gasteiger partial charge < -0.3 is 16.2 Å². The van der Waals surface area contributed by atoms with Gasteiger partial charge in [-0.1, -0.05) is 0 Å². The monoisotopic (exact) mass is 260 g/mol. The summed E-state index contributed by atoms with van der Waals surface area (Å²) in [6.07, 6.45) is -4.54. The lowest BCUT2D eigenvalue weighted by atomic mass is 10.1. The lowest BCUT2D eigenvalue weighted by molar-refractivity contribution is -0.151. The summed E-state index contributed by atoms with van der Waals surface area (Å²) in [4.78, 5) is 10.9. The Balaban J connectivity index is 2.35. The molecule has 2 rings (SSSR count). The van der Waals surface area contributed by atoms with E-state index in [1.165, 1.54) is 18.2 Å². The number of carboxylic acids is 1. The fourth-order valence-corrected chi connectivity index (χ4v) is 1.71. The van der Waals surface area contributed by atoms with E-state index in [4.69, 9.17) is 10.8 Å². The number of carbonyl (C=O) groups is 1. The van der Waals surface area contributed by atoms with Crippen molar-refractivity contribution >= 4 is 17.3 Å². The van der Waals surface area contributed by atoms with E-state index in [2.05, 4.69) is 5.32 Å². The number of aromatic carboxylic acids is 1. The third-order valence-corrected chi connectivity index (χ3v) is 2.94. The van der Waals surface area contributed by atoms with Crippen molar-refractivity contribution in [2.45, 2.75) is 24.6 Å². The van der Waals surface area contributed by atoms with Gasteiger partial charge in [0, 0.05) is 5.69 Å². The number of alkyl halides is 3. The molecule has 1 aromatic carbocycles. The first-order valence-corrected chi connectivity index (χ1v) is 5.23. The molecule has 0 radical (unpaired) electrons. The molecular formula is C11H11F3N2O2. The van der Waals surface area contributed by atoms with E-state index in [1.54, 1.807) is 0 Å². The predicted molar refractivity (Wildman–Crippen MR) is 59.5 cm³/mol. The predicted octanol–water partition coefficient (Wildman–Crippen LogP) is 2.47. The van der Waals surface area contributed by atoms with Crippen molar-refractivity contribution in [2.75, 3.05) is 11.1 Å². The zero-order chi connectivity index (χ0) is 13.6. The molecule has 18 heavy (non-hydrogen) atoms. The van der Waals surface area contributed by atoms with Gasteiger partial charge in [-0.25, -0.2) is 4.79 Å². The Labute approximate surface area is 101 Å². The van der Waals surface area contributed by atoms with Crippen LogP contribution in [0, 0.1) is 0 Å². The molecule has 0 heterocycles. The first-order valence-electron chi connectivity index (χ1n) is 5.23. The maximum absolute atomic E-state index is 12.8. The summed E-state index contributed by atoms with van der Waals surface area (Å²) in [5, 5.41) is 11.2. The lowest BCUT2D eigenvalue weighted by Crippen LogP contribution is -2.39. The molecule has 98 valence electrons. The van der Waals surface area contributed by atoms with E-state index in [0.29, 0.717) is 0 Å². The Bertz CT molecular complexity index is 496. The molecule has 0 aromatic heterocycles. The van der Waals surface area contributed by atoms with Crippen molar-refractivity contribution in [2.24, 2.45) is 0 Å². The maximum Gasteiger partial charge on any atom is 0.411 e. The number of nitrogens with one attached hydrogen (secondary N) is 1. The summed E-state index contributed by atoms with van der Waals surface area (Å²) >= 11 is 0. The van der Waals surface area contributed by atoms with Crippen molar-refractivity contribution in [1.82, 2.24) is 0 Å². The number of rotatable bonds is 3. The Morgan fingerprint density at radius 3 is 2.44 bits per heavy atom. The van der Waals surface area contributed by atoms with Crippen LogP contribution in [0.5, 0.6) is 0 Å². The van der Waals surface area contributed by atoms with Crippen LogP contribution in [0.25, 0.3) is 0 Å². The van der Waals surface area contributed by atoms with E-state index in [9.17, 15) is 18.0 Å². The van der Waals surface area contributed by atoms with Crippen LogP contribution in [0.3, 0.4) is 0 Å². The molecule has 1 aliphatic rings. The van der Waals surface area contributed by atoms with Crippen LogP contribution in [0.4, 0.5) is 24.5 Å². The highest BCUT2D eigenvalue weighted by atomic mass is 19.4. The van der Waals surface area contributed by atoms with E-state index >= 15 is 0 Å². The highest BCUT2D eigenvalue weighted by molar-refractivity contribution is 5.95. The summed E-state index contributed by atoms with van der Waals surface area (Å²) in [6.45, 7) is 0. The average molecular weight is 260 g/mol. The SMILES string of the molecule is Nc1ccc(C(=O)O)c(NC2(C(F)(F)F)CC2)c1. The number of nitrogens with two attached hydrogens (primary N) is 1. The van der Waals surface area contributed by atoms with Gasteiger partial charge in [-0.3, -0.25) is 0 Å². The van der Waals surface area contributed by atoms with Crippen LogP contribution >= 0.6 is 0 Å². The molecule has 1 saturated carbocycles. The average Bonchev–Trinajstić information content (AvgIpc) is 2.97. The highest BCUT2D eigenvalue weighted by Gasteiger charge is 2.63. The number of anilines is 2. The van der Waals surface area contributed by atoms with Crippen LogP contribution in [0.2, 0.25) is 0 Å². The number of hydrogen-bond donors (Lipinski definition) is 3. The van der Waals surface area contributed by atoms with Gasteiger partial charge in [0.1, 0.15) is 5.54 Å². The molecule has 0 aliphatic heterocycles. The zero-order valence-corrected chi connectivity index (χ0v) is 9.21. The number of halogens is 3. The van der Waals surface area contributed by atoms with Crippen molar-refractivity contribution in [3.8, 4) is 0 Å². The standard InChI is InChI=1S/C11H11F3N2O2/c12-11(13,14)10(3-4-10)16-8-5-6(15)1-2-7(8)9(17)18/h1-2,5,16H,3-4,15H2,(H,17,18). The van der Waals surface area contributed by atoms with Crippen LogP contribution in [0.15, 0.2) is 18.2 Å². The molecular weight excluding hydrogens is 249 g/mol. The second-order valence-electron chi connectivity index (χ2n) is 4.32. The van der Waals surface area contributed by atoms with Crippen LogP contribution < -0.4 is 11.1 Å². The van der Waals surface area contributed by atoms with Crippen LogP contribution in [-0.2, 0) is 0 Å². The van der Waals surface area contributed by atoms with Gasteiger partial charge in [0.15, 0.2) is 0 Å². The summed E-state index contributed by atoms with van der Waals surface area (Å²) in [6, 6.07) is 3.73. The first-order chi connectivity index (χ1) is 8.25. The molecule has 0 bridgehead atoms. The fraction of sp³-hybridized carbons (Fsp3) is 0.364. The molecule has 4 nitrogen and oxygen atoms in total. The fourth-order valence-electron chi connectivity index (χ4n) is 1.71. The Morgan fingerprint density at radius 1 is 1.39 bits per heavy atom. The van der Waals surface area contributed by atoms with E-state index in [1.807, 2.05) is 0 Å². The minimum atomic E-state index is -4.41. The Kier molecular flexibility index (Phi) is 2.64. The lowest BCUT2D eigenvalue weighted by Gasteiger charge is -2.23. The molecule has 4 N–H and O–H groups in total. The van der Waals surface area contributed by atoms with E-state index in [-0.39, 0.29) is 29.8 Å². The summed E-state index contributed by atoms with van der Waals surface area (Å²) in [5.74, 6) is -1.30. The van der Waals surface area contributed by atoms with Gasteiger partial charge in [-0.05, 0) is 31.0 Å². The first kappa shape index (κ1) is 12.5. The topological polar surface area (TPSA) is 75.4 Å². The molecule has 0 spiro atoms. The highest BCUT2D eigenvalue weighted by Crippen LogP contribution is 2.51. The minimum absolute atomic E-state index is 0.0651. The van der Waals surface area contributed by atoms with E-state index < -0.39 is 17.7 Å². The van der Waals surface area contributed by atoms with Gasteiger partial charge >= 0.3 is 12.1 Å². The normalized spacial score (nSPS) is 17.3. The molecule has 0 amide bonds. The molecule has 0 saturated heterocycles. The number of carboxylic acid groups (broad SMARTS) is 1. The molecule has 7 heteroatoms. The maximum atomic E-state index is 12.8. The van der Waals surface area contributed by atoms with Gasteiger partial charge in [0.05, 0.1) is 11.3 Å². The molecule has 0 atom stereocenters. The Morgan fingerprint density at radius 2 is 2.00 bits per heavy atom. The van der Waals surface area contributed by atoms with Crippen molar-refractivity contribution in [3.63, 3.8) is 0 Å². The van der Waals surface area contributed by atoms with Gasteiger partial charge in [0.2, 0.25) is 0 Å². The molecule has 0 unspecified atom stereocenters. The third kappa shape index (κ3) is 2.07. The largest absolute Gasteiger partial charge is 0.478 e. The third-order valence-electron chi connectivity index (χ3n) is 2.94. The smallest absolute Gasteiger partial charge is 0.411 e. The number of benzene rings is 1. The van der Waals surface area contributed by atoms with Crippen LogP contribution in [0.1, 0.15) is 23.2 Å². The van der Waals surface area contributed by atoms with E-state index in [0.717, 1.165) is 0 Å². The zero-order valence-electron chi connectivity index (χ0n) is 9.21. The summed E-state index contributed by atoms with van der Waals surface area (Å²) < 4.78 is 38.3. The molecule has 1 aliphatic carbocycles.